The Balaban J connectivity index is 1.70. The number of aryl methyl sites for hydroxylation is 1. The van der Waals surface area contributed by atoms with Gasteiger partial charge in [-0.1, -0.05) is 11.6 Å². The largest absolute Gasteiger partial charge is 0.342 e. The van der Waals surface area contributed by atoms with Crippen LogP contribution < -0.4 is 0 Å². The summed E-state index contributed by atoms with van der Waals surface area (Å²) in [7, 11) is 0. The van der Waals surface area contributed by atoms with E-state index in [0.29, 0.717) is 23.0 Å². The molecule has 5 nitrogen and oxygen atoms in total. The van der Waals surface area contributed by atoms with Crippen LogP contribution in [0.5, 0.6) is 0 Å². The molecule has 1 saturated heterocycles. The minimum absolute atomic E-state index is 0.171. The van der Waals surface area contributed by atoms with Gasteiger partial charge in [-0.05, 0) is 19.1 Å². The lowest BCUT2D eigenvalue weighted by Gasteiger charge is -2.18. The molecule has 1 aliphatic heterocycles. The van der Waals surface area contributed by atoms with E-state index in [9.17, 15) is 4.79 Å². The number of fused-ring (bicyclic) bond motifs is 2. The van der Waals surface area contributed by atoms with Gasteiger partial charge in [0, 0.05) is 37.9 Å². The monoisotopic (exact) mass is 290 g/mol. The van der Waals surface area contributed by atoms with Gasteiger partial charge in [0.15, 0.2) is 5.65 Å². The van der Waals surface area contributed by atoms with Gasteiger partial charge >= 0.3 is 0 Å². The van der Waals surface area contributed by atoms with Gasteiger partial charge in [-0.25, -0.2) is 9.97 Å². The average Bonchev–Trinajstić information content (AvgIpc) is 2.77. The Kier molecular flexibility index (Phi) is 2.40. The van der Waals surface area contributed by atoms with Crippen LogP contribution in [0, 0.1) is 18.8 Å². The van der Waals surface area contributed by atoms with Gasteiger partial charge in [0.1, 0.15) is 16.5 Å². The molecule has 104 valence electrons. The van der Waals surface area contributed by atoms with Gasteiger partial charge in [-0.3, -0.25) is 4.79 Å². The van der Waals surface area contributed by atoms with Gasteiger partial charge < -0.3 is 9.47 Å². The summed E-state index contributed by atoms with van der Waals surface area (Å²) in [4.78, 5) is 22.3. The van der Waals surface area contributed by atoms with Crippen molar-refractivity contribution in [3.05, 3.63) is 23.1 Å². The number of likely N-dealkylation sites (tertiary alicyclic amines) is 1. The Morgan fingerprint density at radius 1 is 1.30 bits per heavy atom. The summed E-state index contributed by atoms with van der Waals surface area (Å²) in [6, 6.07) is 4.10. The van der Waals surface area contributed by atoms with Crippen LogP contribution in [0.25, 0.3) is 11.2 Å². The molecule has 4 rings (SSSR count). The lowest BCUT2D eigenvalue weighted by molar-refractivity contribution is -0.128. The minimum Gasteiger partial charge on any atom is -0.342 e. The van der Waals surface area contributed by atoms with E-state index in [1.807, 2.05) is 17.9 Å². The van der Waals surface area contributed by atoms with Crippen molar-refractivity contribution in [1.29, 1.82) is 0 Å². The Bertz CT molecular complexity index is 713. The summed E-state index contributed by atoms with van der Waals surface area (Å²) in [5, 5.41) is 0.495. The quantitative estimate of drug-likeness (QED) is 0.755. The van der Waals surface area contributed by atoms with E-state index in [1.165, 1.54) is 0 Å². The number of halogens is 1. The molecule has 2 aromatic heterocycles. The molecular formula is C14H15ClN4O. The maximum absolute atomic E-state index is 11.4. The van der Waals surface area contributed by atoms with Crippen molar-refractivity contribution in [2.24, 2.45) is 11.8 Å². The first-order chi connectivity index (χ1) is 9.56. The summed E-state index contributed by atoms with van der Waals surface area (Å²) < 4.78 is 2.20. The fraction of sp³-hybridized carbons (Fsp3) is 0.500. The molecule has 2 unspecified atom stereocenters. The number of nitrogens with zero attached hydrogens (tertiary/aromatic N) is 4. The highest BCUT2D eigenvalue weighted by atomic mass is 35.5. The third-order valence-electron chi connectivity index (χ3n) is 4.57. The van der Waals surface area contributed by atoms with Crippen molar-refractivity contribution in [2.75, 3.05) is 13.1 Å². The number of hydrogen-bond donors (Lipinski definition) is 0. The Morgan fingerprint density at radius 3 is 2.65 bits per heavy atom. The fourth-order valence-corrected chi connectivity index (χ4v) is 3.70. The lowest BCUT2D eigenvalue weighted by atomic mass is 10.3. The molecule has 1 amide bonds. The predicted octanol–water partition coefficient (Wildman–Crippen LogP) is 2.04. The average molecular weight is 291 g/mol. The number of imidazole rings is 1. The van der Waals surface area contributed by atoms with E-state index in [-0.39, 0.29) is 5.91 Å². The van der Waals surface area contributed by atoms with Crippen molar-refractivity contribution in [2.45, 2.75) is 19.9 Å². The van der Waals surface area contributed by atoms with Crippen LogP contribution in [-0.2, 0) is 4.79 Å². The number of pyridine rings is 1. The number of carbonyl (C=O) groups is 1. The summed E-state index contributed by atoms with van der Waals surface area (Å²) in [5.74, 6) is 2.22. The first kappa shape index (κ1) is 12.1. The number of piperidine rings is 1. The zero-order chi connectivity index (χ0) is 14.0. The highest BCUT2D eigenvalue weighted by molar-refractivity contribution is 6.29. The van der Waals surface area contributed by atoms with Gasteiger partial charge in [0.05, 0.1) is 0 Å². The first-order valence-electron chi connectivity index (χ1n) is 6.83. The number of carbonyl (C=O) groups excluding carboxylic acids is 1. The Morgan fingerprint density at radius 2 is 2.00 bits per heavy atom. The van der Waals surface area contributed by atoms with E-state index < -0.39 is 0 Å². The molecule has 6 heteroatoms. The molecule has 20 heavy (non-hydrogen) atoms. The van der Waals surface area contributed by atoms with Crippen molar-refractivity contribution in [3.63, 3.8) is 0 Å². The van der Waals surface area contributed by atoms with Gasteiger partial charge in [-0.15, -0.1) is 0 Å². The van der Waals surface area contributed by atoms with Crippen LogP contribution in [-0.4, -0.2) is 38.4 Å². The number of aromatic nitrogens is 3. The van der Waals surface area contributed by atoms with Crippen LogP contribution in [0.3, 0.4) is 0 Å². The summed E-state index contributed by atoms with van der Waals surface area (Å²) >= 11 is 6.01. The number of amides is 1. The van der Waals surface area contributed by atoms with E-state index in [0.717, 1.165) is 30.1 Å². The molecule has 3 heterocycles. The highest BCUT2D eigenvalue weighted by Crippen LogP contribution is 2.56. The number of hydrogen-bond acceptors (Lipinski definition) is 3. The first-order valence-corrected chi connectivity index (χ1v) is 7.20. The van der Waals surface area contributed by atoms with E-state index in [1.54, 1.807) is 13.0 Å². The molecule has 1 aliphatic carbocycles. The van der Waals surface area contributed by atoms with Gasteiger partial charge in [0.2, 0.25) is 5.91 Å². The Hall–Kier alpha value is -1.62. The molecule has 0 radical (unpaired) electrons. The lowest BCUT2D eigenvalue weighted by Crippen LogP contribution is -2.29. The molecule has 2 aromatic rings. The zero-order valence-corrected chi connectivity index (χ0v) is 12.1. The smallest absolute Gasteiger partial charge is 0.219 e. The number of rotatable bonds is 1. The molecule has 2 fully saturated rings. The van der Waals surface area contributed by atoms with Crippen LogP contribution >= 0.6 is 11.6 Å². The minimum atomic E-state index is 0.171. The maximum atomic E-state index is 11.4. The molecule has 0 spiro atoms. The van der Waals surface area contributed by atoms with Gasteiger partial charge in [-0.2, -0.15) is 0 Å². The molecule has 2 atom stereocenters. The van der Waals surface area contributed by atoms with Crippen LogP contribution in [0.4, 0.5) is 0 Å². The maximum Gasteiger partial charge on any atom is 0.219 e. The van der Waals surface area contributed by atoms with Crippen LogP contribution in [0.1, 0.15) is 18.8 Å². The van der Waals surface area contributed by atoms with Crippen LogP contribution in [0.15, 0.2) is 12.1 Å². The molecular weight excluding hydrogens is 276 g/mol. The van der Waals surface area contributed by atoms with E-state index in [4.69, 9.17) is 11.6 Å². The van der Waals surface area contributed by atoms with Crippen molar-refractivity contribution >= 4 is 28.7 Å². The topological polar surface area (TPSA) is 51.0 Å². The van der Waals surface area contributed by atoms with Gasteiger partial charge in [0.25, 0.3) is 0 Å². The molecule has 0 bridgehead atoms. The van der Waals surface area contributed by atoms with Crippen molar-refractivity contribution < 1.29 is 4.79 Å². The second-order valence-corrected chi connectivity index (χ2v) is 6.14. The molecule has 0 aromatic carbocycles. The second kappa shape index (κ2) is 3.95. The second-order valence-electron chi connectivity index (χ2n) is 5.75. The predicted molar refractivity (Wildman–Crippen MR) is 75.5 cm³/mol. The Labute approximate surface area is 121 Å². The van der Waals surface area contributed by atoms with E-state index in [2.05, 4.69) is 14.5 Å². The zero-order valence-electron chi connectivity index (χ0n) is 11.4. The van der Waals surface area contributed by atoms with Crippen molar-refractivity contribution in [1.82, 2.24) is 19.4 Å². The van der Waals surface area contributed by atoms with E-state index >= 15 is 0 Å². The summed E-state index contributed by atoms with van der Waals surface area (Å²) in [6.07, 6.45) is 0. The summed E-state index contributed by atoms with van der Waals surface area (Å²) in [6.45, 7) is 5.35. The normalized spacial score (nSPS) is 27.9. The fourth-order valence-electron chi connectivity index (χ4n) is 3.56. The molecule has 2 aliphatic rings. The van der Waals surface area contributed by atoms with Crippen molar-refractivity contribution in [3.8, 4) is 0 Å². The molecule has 1 saturated carbocycles. The summed E-state index contributed by atoms with van der Waals surface area (Å²) in [5.41, 5.74) is 1.75. The highest BCUT2D eigenvalue weighted by Gasteiger charge is 2.58. The third-order valence-corrected chi connectivity index (χ3v) is 4.78. The molecule has 0 N–H and O–H groups in total. The van der Waals surface area contributed by atoms with Crippen LogP contribution in [0.2, 0.25) is 5.15 Å². The standard InChI is InChI=1S/C14H15ClN4O/c1-7-16-11-3-4-12(15)17-14(11)19(7)13-9-5-18(8(2)20)6-10(9)13/h3-4,9-10,13H,5-6H2,1-2H3. The SMILES string of the molecule is CC(=O)N1CC2C(C1)C2n1c(C)nc2ccc(Cl)nc21. The third kappa shape index (κ3) is 1.59.